The van der Waals surface area contributed by atoms with Crippen LogP contribution in [0.25, 0.3) is 0 Å². The van der Waals surface area contributed by atoms with E-state index >= 15 is 0 Å². The van der Waals surface area contributed by atoms with E-state index < -0.39 is 10.0 Å². The molecule has 1 rings (SSSR count). The van der Waals surface area contributed by atoms with Gasteiger partial charge < -0.3 is 5.73 Å². The average molecular weight is 220 g/mol. The predicted molar refractivity (Wildman–Crippen MR) is 57.4 cm³/mol. The SMILES string of the molecule is CCCS(=O)(=O)NCC1(CCN)CC1. The lowest BCUT2D eigenvalue weighted by Gasteiger charge is -2.14. The van der Waals surface area contributed by atoms with Crippen molar-refractivity contribution in [2.24, 2.45) is 11.1 Å². The van der Waals surface area contributed by atoms with Gasteiger partial charge in [-0.05, 0) is 37.6 Å². The summed E-state index contributed by atoms with van der Waals surface area (Å²) >= 11 is 0. The van der Waals surface area contributed by atoms with Crippen LogP contribution in [-0.2, 0) is 10.0 Å². The number of hydrogen-bond acceptors (Lipinski definition) is 3. The first-order valence-electron chi connectivity index (χ1n) is 5.21. The van der Waals surface area contributed by atoms with E-state index in [2.05, 4.69) is 4.72 Å². The van der Waals surface area contributed by atoms with Crippen molar-refractivity contribution in [3.05, 3.63) is 0 Å². The molecule has 5 heteroatoms. The molecule has 4 nitrogen and oxygen atoms in total. The van der Waals surface area contributed by atoms with Crippen molar-refractivity contribution >= 4 is 10.0 Å². The van der Waals surface area contributed by atoms with Crippen LogP contribution in [0.15, 0.2) is 0 Å². The fourth-order valence-electron chi connectivity index (χ4n) is 1.60. The predicted octanol–water partition coefficient (Wildman–Crippen LogP) is 0.445. The molecule has 0 atom stereocenters. The average Bonchev–Trinajstić information content (AvgIpc) is 2.83. The standard InChI is InChI=1S/C9H20N2O2S/c1-2-7-14(12,13)11-8-9(3-4-9)5-6-10/h11H,2-8,10H2,1H3. The zero-order valence-corrected chi connectivity index (χ0v) is 9.57. The quantitative estimate of drug-likeness (QED) is 0.654. The minimum Gasteiger partial charge on any atom is -0.330 e. The highest BCUT2D eigenvalue weighted by atomic mass is 32.2. The molecule has 0 aliphatic heterocycles. The van der Waals surface area contributed by atoms with Crippen LogP contribution in [0.3, 0.4) is 0 Å². The van der Waals surface area contributed by atoms with Crippen LogP contribution in [0.4, 0.5) is 0 Å². The second-order valence-corrected chi connectivity index (χ2v) is 6.11. The zero-order valence-electron chi connectivity index (χ0n) is 8.75. The molecular weight excluding hydrogens is 200 g/mol. The van der Waals surface area contributed by atoms with Crippen LogP contribution < -0.4 is 10.5 Å². The fraction of sp³-hybridized carbons (Fsp3) is 1.00. The third kappa shape index (κ3) is 3.55. The first-order valence-corrected chi connectivity index (χ1v) is 6.86. The highest BCUT2D eigenvalue weighted by molar-refractivity contribution is 7.89. The lowest BCUT2D eigenvalue weighted by Crippen LogP contribution is -2.32. The lowest BCUT2D eigenvalue weighted by atomic mass is 10.0. The maximum Gasteiger partial charge on any atom is 0.211 e. The second kappa shape index (κ2) is 4.59. The molecule has 0 aromatic rings. The summed E-state index contributed by atoms with van der Waals surface area (Å²) < 4.78 is 25.4. The van der Waals surface area contributed by atoms with Crippen molar-refractivity contribution in [3.63, 3.8) is 0 Å². The van der Waals surface area contributed by atoms with Gasteiger partial charge in [-0.25, -0.2) is 13.1 Å². The highest BCUT2D eigenvalue weighted by Gasteiger charge is 2.41. The summed E-state index contributed by atoms with van der Waals surface area (Å²) in [5, 5.41) is 0. The van der Waals surface area contributed by atoms with Gasteiger partial charge in [-0.1, -0.05) is 6.92 Å². The van der Waals surface area contributed by atoms with Crippen molar-refractivity contribution in [1.29, 1.82) is 0 Å². The van der Waals surface area contributed by atoms with E-state index in [1.165, 1.54) is 0 Å². The molecule has 0 aromatic carbocycles. The smallest absolute Gasteiger partial charge is 0.211 e. The lowest BCUT2D eigenvalue weighted by molar-refractivity contribution is 0.461. The number of rotatable bonds is 7. The van der Waals surface area contributed by atoms with E-state index in [9.17, 15) is 8.42 Å². The molecule has 84 valence electrons. The molecule has 0 bridgehead atoms. The largest absolute Gasteiger partial charge is 0.330 e. The van der Waals surface area contributed by atoms with Crippen LogP contribution in [0.2, 0.25) is 0 Å². The Hall–Kier alpha value is -0.130. The summed E-state index contributed by atoms with van der Waals surface area (Å²) in [4.78, 5) is 0. The molecule has 1 aliphatic carbocycles. The Balaban J connectivity index is 2.33. The van der Waals surface area contributed by atoms with E-state index in [1.54, 1.807) is 0 Å². The summed E-state index contributed by atoms with van der Waals surface area (Å²) in [6.45, 7) is 3.09. The van der Waals surface area contributed by atoms with Crippen LogP contribution in [0, 0.1) is 5.41 Å². The van der Waals surface area contributed by atoms with E-state index in [1.807, 2.05) is 6.92 Å². The van der Waals surface area contributed by atoms with Gasteiger partial charge in [0.1, 0.15) is 0 Å². The number of sulfonamides is 1. The maximum atomic E-state index is 11.4. The van der Waals surface area contributed by atoms with E-state index in [4.69, 9.17) is 5.73 Å². The van der Waals surface area contributed by atoms with Gasteiger partial charge in [-0.3, -0.25) is 0 Å². The highest BCUT2D eigenvalue weighted by Crippen LogP contribution is 2.47. The Morgan fingerprint density at radius 1 is 1.43 bits per heavy atom. The first-order chi connectivity index (χ1) is 6.54. The molecule has 0 saturated heterocycles. The monoisotopic (exact) mass is 220 g/mol. The van der Waals surface area contributed by atoms with Gasteiger partial charge in [0, 0.05) is 6.54 Å². The third-order valence-electron chi connectivity index (χ3n) is 2.77. The van der Waals surface area contributed by atoms with Gasteiger partial charge in [0.05, 0.1) is 5.75 Å². The van der Waals surface area contributed by atoms with Crippen LogP contribution in [0.5, 0.6) is 0 Å². The molecule has 0 unspecified atom stereocenters. The number of hydrogen-bond donors (Lipinski definition) is 2. The van der Waals surface area contributed by atoms with Crippen LogP contribution >= 0.6 is 0 Å². The van der Waals surface area contributed by atoms with Gasteiger partial charge in [0.15, 0.2) is 0 Å². The fourth-order valence-corrected chi connectivity index (χ4v) is 2.81. The van der Waals surface area contributed by atoms with E-state index in [0.717, 1.165) is 19.3 Å². The molecule has 1 fully saturated rings. The van der Waals surface area contributed by atoms with Gasteiger partial charge in [0.2, 0.25) is 10.0 Å². The summed E-state index contributed by atoms with van der Waals surface area (Å²) in [6, 6.07) is 0. The number of nitrogens with one attached hydrogen (secondary N) is 1. The Labute approximate surface area is 86.3 Å². The normalized spacial score (nSPS) is 19.6. The van der Waals surface area contributed by atoms with Crippen LogP contribution in [-0.4, -0.2) is 27.3 Å². The van der Waals surface area contributed by atoms with E-state index in [-0.39, 0.29) is 11.2 Å². The van der Waals surface area contributed by atoms with Gasteiger partial charge in [0.25, 0.3) is 0 Å². The first kappa shape index (κ1) is 11.9. The van der Waals surface area contributed by atoms with Crippen molar-refractivity contribution < 1.29 is 8.42 Å². The molecule has 0 amide bonds. The Morgan fingerprint density at radius 3 is 2.50 bits per heavy atom. The molecule has 0 heterocycles. The topological polar surface area (TPSA) is 72.2 Å². The maximum absolute atomic E-state index is 11.4. The summed E-state index contributed by atoms with van der Waals surface area (Å²) in [5.74, 6) is 0.228. The van der Waals surface area contributed by atoms with Crippen LogP contribution in [0.1, 0.15) is 32.6 Å². The minimum absolute atomic E-state index is 0.190. The zero-order chi connectivity index (χ0) is 10.7. The van der Waals surface area contributed by atoms with Crippen molar-refractivity contribution in [3.8, 4) is 0 Å². The Kier molecular flexibility index (Phi) is 3.92. The van der Waals surface area contributed by atoms with Crippen molar-refractivity contribution in [2.45, 2.75) is 32.6 Å². The molecule has 1 saturated carbocycles. The molecule has 0 spiro atoms. The van der Waals surface area contributed by atoms with Gasteiger partial charge >= 0.3 is 0 Å². The molecule has 14 heavy (non-hydrogen) atoms. The molecule has 0 radical (unpaired) electrons. The molecule has 0 aromatic heterocycles. The third-order valence-corrected chi connectivity index (χ3v) is 4.30. The van der Waals surface area contributed by atoms with Gasteiger partial charge in [-0.15, -0.1) is 0 Å². The second-order valence-electron chi connectivity index (χ2n) is 4.18. The van der Waals surface area contributed by atoms with Crippen molar-refractivity contribution in [1.82, 2.24) is 4.72 Å². The summed E-state index contributed by atoms with van der Waals surface area (Å²) in [6.07, 6.45) is 3.82. The molecule has 3 N–H and O–H groups in total. The molecule has 1 aliphatic rings. The molecular formula is C9H20N2O2S. The Bertz CT molecular complexity index is 271. The van der Waals surface area contributed by atoms with Crippen molar-refractivity contribution in [2.75, 3.05) is 18.8 Å². The minimum atomic E-state index is -3.03. The van der Waals surface area contributed by atoms with E-state index in [0.29, 0.717) is 19.5 Å². The summed E-state index contributed by atoms with van der Waals surface area (Å²) in [5.41, 5.74) is 5.67. The number of nitrogens with two attached hydrogens (primary N) is 1. The summed E-state index contributed by atoms with van der Waals surface area (Å²) in [7, 11) is -3.03. The Morgan fingerprint density at radius 2 is 2.07 bits per heavy atom. The van der Waals surface area contributed by atoms with Gasteiger partial charge in [-0.2, -0.15) is 0 Å².